The normalized spacial score (nSPS) is 11.4. The molecule has 0 spiro atoms. The number of aryl methyl sites for hydroxylation is 3. The average Bonchev–Trinajstić information content (AvgIpc) is 2.54. The molecule has 26 heavy (non-hydrogen) atoms. The van der Waals surface area contributed by atoms with Crippen LogP contribution in [-0.2, 0) is 21.4 Å². The maximum absolute atomic E-state index is 12.6. The second-order valence-corrected chi connectivity index (χ2v) is 8.31. The van der Waals surface area contributed by atoms with Crippen LogP contribution in [0.4, 0.5) is 0 Å². The first-order valence-corrected chi connectivity index (χ1v) is 10.0. The van der Waals surface area contributed by atoms with Gasteiger partial charge in [0.05, 0.1) is 4.90 Å². The number of nitrogens with one attached hydrogen (secondary N) is 1. The van der Waals surface area contributed by atoms with Gasteiger partial charge in [0.1, 0.15) is 0 Å². The number of nitrogens with zero attached hydrogens (tertiary/aromatic N) is 1. The molecule has 0 aliphatic rings. The van der Waals surface area contributed by atoms with Gasteiger partial charge in [0.15, 0.2) is 0 Å². The molecule has 140 valence electrons. The van der Waals surface area contributed by atoms with Crippen LogP contribution in [0.15, 0.2) is 47.4 Å². The van der Waals surface area contributed by atoms with Gasteiger partial charge in [-0.1, -0.05) is 48.0 Å². The van der Waals surface area contributed by atoms with E-state index in [0.29, 0.717) is 22.6 Å². The van der Waals surface area contributed by atoms with E-state index in [1.165, 1.54) is 0 Å². The third-order valence-electron chi connectivity index (χ3n) is 4.19. The maximum Gasteiger partial charge on any atom is 0.241 e. The second kappa shape index (κ2) is 8.47. The van der Waals surface area contributed by atoms with E-state index in [9.17, 15) is 13.2 Å². The number of sulfonamides is 1. The number of hydrogen-bond donors (Lipinski definition) is 1. The molecule has 0 aromatic heterocycles. The minimum atomic E-state index is -3.64. The van der Waals surface area contributed by atoms with Gasteiger partial charge >= 0.3 is 0 Å². The van der Waals surface area contributed by atoms with Crippen molar-refractivity contribution in [1.82, 2.24) is 9.62 Å². The minimum Gasteiger partial charge on any atom is -0.341 e. The maximum atomic E-state index is 12.6. The van der Waals surface area contributed by atoms with Crippen LogP contribution in [0.2, 0.25) is 0 Å². The van der Waals surface area contributed by atoms with Crippen LogP contribution in [-0.4, -0.2) is 32.8 Å². The molecule has 0 aliphatic carbocycles. The first-order valence-electron chi connectivity index (χ1n) is 8.56. The molecule has 0 unspecified atom stereocenters. The summed E-state index contributed by atoms with van der Waals surface area (Å²) in [5.41, 5.74) is 3.48. The topological polar surface area (TPSA) is 66.5 Å². The molecule has 6 heteroatoms. The van der Waals surface area contributed by atoms with Gasteiger partial charge in [0, 0.05) is 26.6 Å². The Hall–Kier alpha value is -2.18. The van der Waals surface area contributed by atoms with Crippen LogP contribution < -0.4 is 4.72 Å². The lowest BCUT2D eigenvalue weighted by Gasteiger charge is -2.18. The quantitative estimate of drug-likeness (QED) is 0.810. The van der Waals surface area contributed by atoms with Gasteiger partial charge in [-0.2, -0.15) is 0 Å². The van der Waals surface area contributed by atoms with Gasteiger partial charge < -0.3 is 4.90 Å². The third kappa shape index (κ3) is 5.16. The number of hydrogen-bond acceptors (Lipinski definition) is 3. The molecule has 0 fully saturated rings. The Kier molecular flexibility index (Phi) is 6.56. The highest BCUT2D eigenvalue weighted by Crippen LogP contribution is 2.21. The molecule has 1 N–H and O–H groups in total. The van der Waals surface area contributed by atoms with Crippen molar-refractivity contribution in [3.8, 4) is 0 Å². The van der Waals surface area contributed by atoms with Gasteiger partial charge in [0.25, 0.3) is 0 Å². The van der Waals surface area contributed by atoms with E-state index >= 15 is 0 Å². The molecular formula is C20H26N2O3S. The second-order valence-electron chi connectivity index (χ2n) is 6.61. The summed E-state index contributed by atoms with van der Waals surface area (Å²) < 4.78 is 27.7. The lowest BCUT2D eigenvalue weighted by molar-refractivity contribution is -0.130. The Morgan fingerprint density at radius 3 is 2.19 bits per heavy atom. The number of benzene rings is 2. The lowest BCUT2D eigenvalue weighted by atomic mass is 10.1. The molecule has 1 amide bonds. The summed E-state index contributed by atoms with van der Waals surface area (Å²) in [5, 5.41) is 0. The summed E-state index contributed by atoms with van der Waals surface area (Å²) >= 11 is 0. The number of carbonyl (C=O) groups is 1. The van der Waals surface area contributed by atoms with Crippen molar-refractivity contribution in [3.05, 3.63) is 64.7 Å². The SMILES string of the molecule is Cc1cc(C)c(S(=O)(=O)NCCC(=O)N(C)Cc2ccccc2)c(C)c1. The third-order valence-corrected chi connectivity index (χ3v) is 5.96. The van der Waals surface area contributed by atoms with Crippen LogP contribution in [0.1, 0.15) is 28.7 Å². The first kappa shape index (κ1) is 20.1. The predicted molar refractivity (Wildman–Crippen MR) is 103 cm³/mol. The van der Waals surface area contributed by atoms with E-state index in [2.05, 4.69) is 4.72 Å². The summed E-state index contributed by atoms with van der Waals surface area (Å²) in [4.78, 5) is 14.1. The summed E-state index contributed by atoms with van der Waals surface area (Å²) in [6, 6.07) is 13.4. The Labute approximate surface area is 156 Å². The molecule has 2 aromatic rings. The van der Waals surface area contributed by atoms with Crippen LogP contribution >= 0.6 is 0 Å². The van der Waals surface area contributed by atoms with E-state index < -0.39 is 10.0 Å². The number of rotatable bonds is 7. The fourth-order valence-corrected chi connectivity index (χ4v) is 4.57. The summed E-state index contributed by atoms with van der Waals surface area (Å²) in [5.74, 6) is -0.103. The zero-order valence-corrected chi connectivity index (χ0v) is 16.6. The van der Waals surface area contributed by atoms with E-state index in [4.69, 9.17) is 0 Å². The van der Waals surface area contributed by atoms with Gasteiger partial charge in [-0.25, -0.2) is 13.1 Å². The number of carbonyl (C=O) groups excluding carboxylic acids is 1. The van der Waals surface area contributed by atoms with E-state index in [0.717, 1.165) is 11.1 Å². The van der Waals surface area contributed by atoms with Gasteiger partial charge in [-0.15, -0.1) is 0 Å². The largest absolute Gasteiger partial charge is 0.341 e. The molecule has 0 heterocycles. The zero-order valence-electron chi connectivity index (χ0n) is 15.7. The van der Waals surface area contributed by atoms with E-state index in [-0.39, 0.29) is 18.9 Å². The molecule has 0 aliphatic heterocycles. The summed E-state index contributed by atoms with van der Waals surface area (Å²) in [6.45, 7) is 6.08. The molecule has 0 saturated carbocycles. The van der Waals surface area contributed by atoms with Gasteiger partial charge in [-0.05, 0) is 37.5 Å². The highest BCUT2D eigenvalue weighted by molar-refractivity contribution is 7.89. The molecule has 5 nitrogen and oxygen atoms in total. The monoisotopic (exact) mass is 374 g/mol. The van der Waals surface area contributed by atoms with E-state index in [1.807, 2.05) is 49.4 Å². The molecule has 2 rings (SSSR count). The summed E-state index contributed by atoms with van der Waals surface area (Å²) in [6.07, 6.45) is 0.118. The predicted octanol–water partition coefficient (Wildman–Crippen LogP) is 2.94. The van der Waals surface area contributed by atoms with Gasteiger partial charge in [-0.3, -0.25) is 4.79 Å². The van der Waals surface area contributed by atoms with Crippen molar-refractivity contribution >= 4 is 15.9 Å². The van der Waals surface area contributed by atoms with Crippen molar-refractivity contribution < 1.29 is 13.2 Å². The smallest absolute Gasteiger partial charge is 0.241 e. The fraction of sp³-hybridized carbons (Fsp3) is 0.350. The Balaban J connectivity index is 1.95. The molecule has 0 atom stereocenters. The van der Waals surface area contributed by atoms with Crippen LogP contribution in [0.5, 0.6) is 0 Å². The first-order chi connectivity index (χ1) is 12.2. The number of amides is 1. The molecule has 0 radical (unpaired) electrons. The van der Waals surface area contributed by atoms with Crippen LogP contribution in [0.3, 0.4) is 0 Å². The molecule has 2 aromatic carbocycles. The molecular weight excluding hydrogens is 348 g/mol. The highest BCUT2D eigenvalue weighted by atomic mass is 32.2. The Morgan fingerprint density at radius 1 is 1.04 bits per heavy atom. The van der Waals surface area contributed by atoms with Crippen LogP contribution in [0, 0.1) is 20.8 Å². The fourth-order valence-electron chi connectivity index (χ4n) is 3.09. The standard InChI is InChI=1S/C20H26N2O3S/c1-15-12-16(2)20(17(3)13-15)26(24,25)21-11-10-19(23)22(4)14-18-8-6-5-7-9-18/h5-9,12-13,21H,10-11,14H2,1-4H3. The van der Waals surface area contributed by atoms with Crippen molar-refractivity contribution in [2.75, 3.05) is 13.6 Å². The van der Waals surface area contributed by atoms with Crippen molar-refractivity contribution in [2.24, 2.45) is 0 Å². The Bertz CT molecular complexity index is 854. The average molecular weight is 375 g/mol. The molecule has 0 saturated heterocycles. The van der Waals surface area contributed by atoms with Gasteiger partial charge in [0.2, 0.25) is 15.9 Å². The van der Waals surface area contributed by atoms with E-state index in [1.54, 1.807) is 25.8 Å². The Morgan fingerprint density at radius 2 is 1.62 bits per heavy atom. The molecule has 0 bridgehead atoms. The van der Waals surface area contributed by atoms with Crippen LogP contribution in [0.25, 0.3) is 0 Å². The minimum absolute atomic E-state index is 0.0764. The zero-order chi connectivity index (χ0) is 19.3. The van der Waals surface area contributed by atoms with Crippen molar-refractivity contribution in [2.45, 2.75) is 38.6 Å². The van der Waals surface area contributed by atoms with Crippen molar-refractivity contribution in [1.29, 1.82) is 0 Å². The summed E-state index contributed by atoms with van der Waals surface area (Å²) in [7, 11) is -1.92. The highest BCUT2D eigenvalue weighted by Gasteiger charge is 2.20. The van der Waals surface area contributed by atoms with Crippen molar-refractivity contribution in [3.63, 3.8) is 0 Å². The lowest BCUT2D eigenvalue weighted by Crippen LogP contribution is -2.32.